The fourth-order valence-electron chi connectivity index (χ4n) is 1.42. The SMILES string of the molecule is CCCOCCOCC(O)c1cccc(N)c1. The normalized spacial score (nSPS) is 12.6. The molecule has 1 atom stereocenters. The summed E-state index contributed by atoms with van der Waals surface area (Å²) in [6.45, 7) is 4.14. The molecule has 3 N–H and O–H groups in total. The zero-order valence-electron chi connectivity index (χ0n) is 10.3. The van der Waals surface area contributed by atoms with Gasteiger partial charge in [0.2, 0.25) is 0 Å². The molecule has 4 nitrogen and oxygen atoms in total. The first-order valence-electron chi connectivity index (χ1n) is 5.93. The van der Waals surface area contributed by atoms with Crippen LogP contribution < -0.4 is 5.73 Å². The molecule has 0 saturated heterocycles. The second kappa shape index (κ2) is 8.06. The van der Waals surface area contributed by atoms with E-state index >= 15 is 0 Å². The van der Waals surface area contributed by atoms with E-state index in [1.165, 1.54) is 0 Å². The molecule has 0 aliphatic rings. The lowest BCUT2D eigenvalue weighted by atomic mass is 10.1. The van der Waals surface area contributed by atoms with Gasteiger partial charge in [-0.1, -0.05) is 19.1 Å². The molecule has 0 fully saturated rings. The Morgan fingerprint density at radius 2 is 2.00 bits per heavy atom. The number of anilines is 1. The van der Waals surface area contributed by atoms with Crippen LogP contribution in [0, 0.1) is 0 Å². The highest BCUT2D eigenvalue weighted by Gasteiger charge is 2.07. The van der Waals surface area contributed by atoms with Gasteiger partial charge in [0.1, 0.15) is 6.10 Å². The minimum absolute atomic E-state index is 0.263. The van der Waals surface area contributed by atoms with Crippen LogP contribution in [-0.2, 0) is 9.47 Å². The molecule has 0 aromatic heterocycles. The molecule has 17 heavy (non-hydrogen) atoms. The molecule has 0 aliphatic carbocycles. The number of hydrogen-bond acceptors (Lipinski definition) is 4. The van der Waals surface area contributed by atoms with Crippen molar-refractivity contribution in [2.24, 2.45) is 0 Å². The third-order valence-corrected chi connectivity index (χ3v) is 2.29. The van der Waals surface area contributed by atoms with Crippen molar-refractivity contribution in [3.8, 4) is 0 Å². The van der Waals surface area contributed by atoms with E-state index in [0.29, 0.717) is 18.9 Å². The highest BCUT2D eigenvalue weighted by Crippen LogP contribution is 2.15. The van der Waals surface area contributed by atoms with E-state index in [9.17, 15) is 5.11 Å². The van der Waals surface area contributed by atoms with Crippen LogP contribution in [0.3, 0.4) is 0 Å². The van der Waals surface area contributed by atoms with Crippen molar-refractivity contribution in [3.05, 3.63) is 29.8 Å². The van der Waals surface area contributed by atoms with Crippen molar-refractivity contribution >= 4 is 5.69 Å². The zero-order chi connectivity index (χ0) is 12.5. The van der Waals surface area contributed by atoms with Crippen molar-refractivity contribution in [1.29, 1.82) is 0 Å². The third kappa shape index (κ3) is 5.68. The van der Waals surface area contributed by atoms with Gasteiger partial charge in [0.15, 0.2) is 0 Å². The number of rotatable bonds is 8. The van der Waals surface area contributed by atoms with Gasteiger partial charge in [-0.25, -0.2) is 0 Å². The van der Waals surface area contributed by atoms with E-state index in [-0.39, 0.29) is 6.61 Å². The molecule has 1 rings (SSSR count). The third-order valence-electron chi connectivity index (χ3n) is 2.29. The van der Waals surface area contributed by atoms with E-state index < -0.39 is 6.10 Å². The molecular formula is C13H21NO3. The standard InChI is InChI=1S/C13H21NO3/c1-2-6-16-7-8-17-10-13(15)11-4-3-5-12(14)9-11/h3-5,9,13,15H,2,6-8,10,14H2,1H3. The lowest BCUT2D eigenvalue weighted by molar-refractivity contribution is 0.00328. The minimum Gasteiger partial charge on any atom is -0.399 e. The maximum atomic E-state index is 9.83. The highest BCUT2D eigenvalue weighted by atomic mass is 16.5. The van der Waals surface area contributed by atoms with Gasteiger partial charge in [-0.05, 0) is 24.1 Å². The number of nitrogen functional groups attached to an aromatic ring is 1. The quantitative estimate of drug-likeness (QED) is 0.536. The van der Waals surface area contributed by atoms with Crippen LogP contribution in [0.2, 0.25) is 0 Å². The summed E-state index contributed by atoms with van der Waals surface area (Å²) >= 11 is 0. The zero-order valence-corrected chi connectivity index (χ0v) is 10.3. The maximum Gasteiger partial charge on any atom is 0.102 e. The van der Waals surface area contributed by atoms with Gasteiger partial charge in [0.25, 0.3) is 0 Å². The van der Waals surface area contributed by atoms with Crippen molar-refractivity contribution in [2.45, 2.75) is 19.4 Å². The van der Waals surface area contributed by atoms with Crippen molar-refractivity contribution in [1.82, 2.24) is 0 Å². The van der Waals surface area contributed by atoms with Crippen molar-refractivity contribution in [2.75, 3.05) is 32.2 Å². The lowest BCUT2D eigenvalue weighted by Gasteiger charge is -2.12. The summed E-state index contributed by atoms with van der Waals surface area (Å²) in [4.78, 5) is 0. The Hall–Kier alpha value is -1.10. The Morgan fingerprint density at radius 3 is 2.71 bits per heavy atom. The molecule has 96 valence electrons. The molecular weight excluding hydrogens is 218 g/mol. The Bertz CT molecular complexity index is 317. The average Bonchev–Trinajstić information content (AvgIpc) is 2.33. The van der Waals surface area contributed by atoms with Crippen LogP contribution >= 0.6 is 0 Å². The van der Waals surface area contributed by atoms with Gasteiger partial charge >= 0.3 is 0 Å². The van der Waals surface area contributed by atoms with Gasteiger partial charge < -0.3 is 20.3 Å². The van der Waals surface area contributed by atoms with E-state index in [1.54, 1.807) is 12.1 Å². The second-order valence-corrected chi connectivity index (χ2v) is 3.87. The summed E-state index contributed by atoms with van der Waals surface area (Å²) in [5.41, 5.74) is 7.06. The van der Waals surface area contributed by atoms with Gasteiger partial charge in [-0.2, -0.15) is 0 Å². The molecule has 0 spiro atoms. The van der Waals surface area contributed by atoms with Crippen LogP contribution in [0.15, 0.2) is 24.3 Å². The Kier molecular flexibility index (Phi) is 6.62. The summed E-state index contributed by atoms with van der Waals surface area (Å²) in [5.74, 6) is 0. The molecule has 0 bridgehead atoms. The number of hydrogen-bond donors (Lipinski definition) is 2. The summed E-state index contributed by atoms with van der Waals surface area (Å²) in [6, 6.07) is 7.19. The number of benzene rings is 1. The molecule has 0 saturated carbocycles. The number of aliphatic hydroxyl groups is 1. The molecule has 0 aliphatic heterocycles. The molecule has 1 aromatic carbocycles. The molecule has 4 heteroatoms. The van der Waals surface area contributed by atoms with E-state index in [0.717, 1.165) is 18.6 Å². The lowest BCUT2D eigenvalue weighted by Crippen LogP contribution is -2.11. The van der Waals surface area contributed by atoms with E-state index in [1.807, 2.05) is 12.1 Å². The summed E-state index contributed by atoms with van der Waals surface area (Å²) < 4.78 is 10.6. The predicted molar refractivity (Wildman–Crippen MR) is 67.7 cm³/mol. The number of ether oxygens (including phenoxy) is 2. The summed E-state index contributed by atoms with van der Waals surface area (Å²) in [7, 11) is 0. The molecule has 0 amide bonds. The first kappa shape index (κ1) is 14.0. The number of nitrogens with two attached hydrogens (primary N) is 1. The van der Waals surface area contributed by atoms with Gasteiger partial charge in [0, 0.05) is 12.3 Å². The van der Waals surface area contributed by atoms with E-state index in [2.05, 4.69) is 6.92 Å². The van der Waals surface area contributed by atoms with E-state index in [4.69, 9.17) is 15.2 Å². The molecule has 0 radical (unpaired) electrons. The Morgan fingerprint density at radius 1 is 1.24 bits per heavy atom. The largest absolute Gasteiger partial charge is 0.399 e. The minimum atomic E-state index is -0.635. The average molecular weight is 239 g/mol. The number of aliphatic hydroxyl groups excluding tert-OH is 1. The van der Waals surface area contributed by atoms with Crippen molar-refractivity contribution in [3.63, 3.8) is 0 Å². The summed E-state index contributed by atoms with van der Waals surface area (Å²) in [5, 5.41) is 9.83. The molecule has 1 aromatic rings. The smallest absolute Gasteiger partial charge is 0.102 e. The first-order chi connectivity index (χ1) is 8.24. The van der Waals surface area contributed by atoms with Crippen LogP contribution in [0.25, 0.3) is 0 Å². The van der Waals surface area contributed by atoms with Crippen molar-refractivity contribution < 1.29 is 14.6 Å². The van der Waals surface area contributed by atoms with Gasteiger partial charge in [0.05, 0.1) is 19.8 Å². The maximum absolute atomic E-state index is 9.83. The predicted octanol–water partition coefficient (Wildman–Crippen LogP) is 1.75. The van der Waals surface area contributed by atoms with Crippen LogP contribution in [0.5, 0.6) is 0 Å². The highest BCUT2D eigenvalue weighted by molar-refractivity contribution is 5.41. The topological polar surface area (TPSA) is 64.7 Å². The van der Waals surface area contributed by atoms with Gasteiger partial charge in [-0.3, -0.25) is 0 Å². The fourth-order valence-corrected chi connectivity index (χ4v) is 1.42. The Balaban J connectivity index is 2.19. The van der Waals surface area contributed by atoms with Gasteiger partial charge in [-0.15, -0.1) is 0 Å². The molecule has 1 unspecified atom stereocenters. The molecule has 0 heterocycles. The monoisotopic (exact) mass is 239 g/mol. The summed E-state index contributed by atoms with van der Waals surface area (Å²) in [6.07, 6.45) is 0.371. The van der Waals surface area contributed by atoms with Crippen LogP contribution in [0.4, 0.5) is 5.69 Å². The van der Waals surface area contributed by atoms with Crippen LogP contribution in [-0.4, -0.2) is 31.5 Å². The first-order valence-corrected chi connectivity index (χ1v) is 5.93. The Labute approximate surface area is 102 Å². The second-order valence-electron chi connectivity index (χ2n) is 3.87. The van der Waals surface area contributed by atoms with Crippen LogP contribution in [0.1, 0.15) is 25.0 Å². The fraction of sp³-hybridized carbons (Fsp3) is 0.538.